The molecule has 2 aromatic carbocycles. The van der Waals surface area contributed by atoms with E-state index in [1.165, 1.54) is 25.3 Å². The molecular weight excluding hydrogens is 561 g/mol. The number of rotatable bonds is 6. The molecule has 4 aliphatic rings. The van der Waals surface area contributed by atoms with Gasteiger partial charge in [0.15, 0.2) is 11.6 Å². The van der Waals surface area contributed by atoms with Crippen LogP contribution in [0, 0.1) is 36.4 Å². The quantitative estimate of drug-likeness (QED) is 0.220. The number of halogens is 1. The Morgan fingerprint density at radius 1 is 1.14 bits per heavy atom. The smallest absolute Gasteiger partial charge is 0.254 e. The summed E-state index contributed by atoms with van der Waals surface area (Å²) in [5, 5.41) is 12.0. The molecule has 9 rings (SSSR count). The second-order valence-corrected chi connectivity index (χ2v) is 14.1. The van der Waals surface area contributed by atoms with Crippen LogP contribution < -0.4 is 4.74 Å². The van der Waals surface area contributed by atoms with Gasteiger partial charge in [-0.2, -0.15) is 0 Å². The molecule has 1 saturated heterocycles. The number of thiophene rings is 1. The number of nitrogens with zero attached hydrogens (tertiary/aromatic N) is 3. The first kappa shape index (κ1) is 25.6. The number of amides is 1. The van der Waals surface area contributed by atoms with Gasteiger partial charge in [-0.25, -0.2) is 9.37 Å². The van der Waals surface area contributed by atoms with Gasteiger partial charge in [0.05, 0.1) is 23.4 Å². The first-order valence-electron chi connectivity index (χ1n) is 15.3. The predicted octanol–water partition coefficient (Wildman–Crippen LogP) is 7.64. The van der Waals surface area contributed by atoms with Gasteiger partial charge in [-0.15, -0.1) is 11.3 Å². The SMILES string of the molecule is COc1cc(C(=O)N2CC3CC4CC2[C@H]43)cc2sc(-c3cc4ccc(-c5cccc(O)c5F)nc4n3CC3CC3)c(C)c12. The summed E-state index contributed by atoms with van der Waals surface area (Å²) in [6, 6.07) is 15.0. The fourth-order valence-corrected chi connectivity index (χ4v) is 9.45. The van der Waals surface area contributed by atoms with E-state index < -0.39 is 5.82 Å². The summed E-state index contributed by atoms with van der Waals surface area (Å²) >= 11 is 1.69. The van der Waals surface area contributed by atoms with Crippen molar-refractivity contribution in [2.24, 2.45) is 23.7 Å². The molecule has 0 radical (unpaired) electrons. The molecule has 5 aromatic rings. The molecule has 4 atom stereocenters. The number of phenols is 1. The Balaban J connectivity index is 1.16. The molecule has 4 fully saturated rings. The number of likely N-dealkylation sites (tertiary alicyclic amines) is 1. The summed E-state index contributed by atoms with van der Waals surface area (Å²) in [5.41, 5.74) is 4.49. The van der Waals surface area contributed by atoms with Crippen molar-refractivity contribution in [2.75, 3.05) is 13.7 Å². The van der Waals surface area contributed by atoms with Gasteiger partial charge in [0.2, 0.25) is 0 Å². The molecule has 1 amide bonds. The molecule has 0 bridgehead atoms. The fraction of sp³-hybridized carbons (Fsp3) is 0.371. The minimum Gasteiger partial charge on any atom is -0.505 e. The molecule has 0 spiro atoms. The Bertz CT molecular complexity index is 1990. The number of benzene rings is 2. The van der Waals surface area contributed by atoms with Crippen molar-refractivity contribution in [3.05, 3.63) is 65.5 Å². The van der Waals surface area contributed by atoms with Gasteiger partial charge in [-0.1, -0.05) is 6.07 Å². The lowest BCUT2D eigenvalue weighted by Gasteiger charge is -2.52. The van der Waals surface area contributed by atoms with Crippen molar-refractivity contribution in [3.63, 3.8) is 0 Å². The lowest BCUT2D eigenvalue weighted by atomic mass is 9.53. The number of ether oxygens (including phenoxy) is 1. The number of carbonyl (C=O) groups is 1. The van der Waals surface area contributed by atoms with E-state index in [0.29, 0.717) is 29.1 Å². The monoisotopic (exact) mass is 593 g/mol. The molecule has 1 aliphatic heterocycles. The minimum absolute atomic E-state index is 0.129. The highest BCUT2D eigenvalue weighted by Crippen LogP contribution is 2.61. The molecule has 6 nitrogen and oxygen atoms in total. The van der Waals surface area contributed by atoms with E-state index in [1.807, 2.05) is 18.2 Å². The van der Waals surface area contributed by atoms with Crippen LogP contribution in [0.1, 0.15) is 41.6 Å². The Labute approximate surface area is 252 Å². The largest absolute Gasteiger partial charge is 0.505 e. The Morgan fingerprint density at radius 3 is 2.77 bits per heavy atom. The third-order valence-electron chi connectivity index (χ3n) is 10.6. The van der Waals surface area contributed by atoms with Crippen LogP contribution in [0.3, 0.4) is 0 Å². The molecule has 8 heteroatoms. The number of methoxy groups -OCH3 is 1. The van der Waals surface area contributed by atoms with Gasteiger partial charge in [-0.3, -0.25) is 4.79 Å². The van der Waals surface area contributed by atoms with Gasteiger partial charge in [0.25, 0.3) is 5.91 Å². The summed E-state index contributed by atoms with van der Waals surface area (Å²) < 4.78 is 24.1. The number of aromatic nitrogens is 2. The molecular formula is C35H32FN3O3S. The fourth-order valence-electron chi connectivity index (χ4n) is 8.16. The second-order valence-electron chi connectivity index (χ2n) is 13.0. The average molecular weight is 594 g/mol. The molecule has 3 aliphatic carbocycles. The molecule has 3 unspecified atom stereocenters. The van der Waals surface area contributed by atoms with E-state index in [9.17, 15) is 14.3 Å². The lowest BCUT2D eigenvalue weighted by Crippen LogP contribution is -2.53. The second kappa shape index (κ2) is 9.05. The summed E-state index contributed by atoms with van der Waals surface area (Å²) in [4.78, 5) is 22.0. The zero-order valence-corrected chi connectivity index (χ0v) is 25.0. The Hall–Kier alpha value is -3.91. The van der Waals surface area contributed by atoms with Crippen molar-refractivity contribution in [1.82, 2.24) is 14.5 Å². The van der Waals surface area contributed by atoms with Crippen LogP contribution in [0.5, 0.6) is 11.5 Å². The Morgan fingerprint density at radius 2 is 2.00 bits per heavy atom. The summed E-state index contributed by atoms with van der Waals surface area (Å²) in [5.74, 6) is 2.69. The van der Waals surface area contributed by atoms with Crippen LogP contribution in [0.25, 0.3) is 42.9 Å². The first-order chi connectivity index (χ1) is 20.9. The Kier molecular flexibility index (Phi) is 5.38. The molecule has 3 saturated carbocycles. The summed E-state index contributed by atoms with van der Waals surface area (Å²) in [6.45, 7) is 3.86. The zero-order valence-electron chi connectivity index (χ0n) is 24.1. The van der Waals surface area contributed by atoms with Crippen LogP contribution in [0.2, 0.25) is 0 Å². The molecule has 218 valence electrons. The van der Waals surface area contributed by atoms with E-state index in [-0.39, 0.29) is 17.2 Å². The van der Waals surface area contributed by atoms with Crippen molar-refractivity contribution in [3.8, 4) is 33.3 Å². The maximum absolute atomic E-state index is 14.8. The normalized spacial score (nSPS) is 23.8. The number of aromatic hydroxyl groups is 1. The number of fused-ring (bicyclic) bond motifs is 2. The van der Waals surface area contributed by atoms with Crippen LogP contribution in [0.15, 0.2) is 48.5 Å². The maximum atomic E-state index is 14.8. The van der Waals surface area contributed by atoms with Crippen molar-refractivity contribution >= 4 is 38.4 Å². The van der Waals surface area contributed by atoms with Gasteiger partial charge in [0.1, 0.15) is 11.4 Å². The van der Waals surface area contributed by atoms with E-state index >= 15 is 0 Å². The van der Waals surface area contributed by atoms with Gasteiger partial charge in [0, 0.05) is 45.7 Å². The highest BCUT2D eigenvalue weighted by Gasteiger charge is 2.61. The molecule has 1 N–H and O–H groups in total. The molecule has 3 aromatic heterocycles. The minimum atomic E-state index is -0.661. The number of hydrogen-bond donors (Lipinski definition) is 1. The average Bonchev–Trinajstić information content (AvgIpc) is 3.67. The van der Waals surface area contributed by atoms with Gasteiger partial charge < -0.3 is 19.3 Å². The van der Waals surface area contributed by atoms with Crippen molar-refractivity contribution < 1.29 is 19.0 Å². The number of aryl methyl sites for hydroxylation is 1. The van der Waals surface area contributed by atoms with Crippen LogP contribution in [-0.4, -0.2) is 45.2 Å². The van der Waals surface area contributed by atoms with Crippen molar-refractivity contribution in [1.29, 1.82) is 0 Å². The molecule has 43 heavy (non-hydrogen) atoms. The van der Waals surface area contributed by atoms with Crippen molar-refractivity contribution in [2.45, 2.75) is 45.2 Å². The third kappa shape index (κ3) is 3.68. The third-order valence-corrected chi connectivity index (χ3v) is 11.9. The number of pyridine rings is 1. The predicted molar refractivity (Wildman–Crippen MR) is 166 cm³/mol. The summed E-state index contributed by atoms with van der Waals surface area (Å²) in [7, 11) is 1.68. The van der Waals surface area contributed by atoms with Gasteiger partial charge >= 0.3 is 0 Å². The van der Waals surface area contributed by atoms with E-state index in [2.05, 4.69) is 28.5 Å². The van der Waals surface area contributed by atoms with Crippen LogP contribution in [0.4, 0.5) is 4.39 Å². The van der Waals surface area contributed by atoms with E-state index in [0.717, 1.165) is 74.3 Å². The van der Waals surface area contributed by atoms with E-state index in [1.54, 1.807) is 30.6 Å². The highest BCUT2D eigenvalue weighted by molar-refractivity contribution is 7.22. The first-order valence-corrected chi connectivity index (χ1v) is 16.1. The van der Waals surface area contributed by atoms with E-state index in [4.69, 9.17) is 9.72 Å². The zero-order chi connectivity index (χ0) is 29.1. The maximum Gasteiger partial charge on any atom is 0.254 e. The number of phenolic OH excluding ortho intramolecular Hbond substituents is 1. The highest BCUT2D eigenvalue weighted by atomic mass is 32.1. The number of hydrogen-bond acceptors (Lipinski definition) is 5. The summed E-state index contributed by atoms with van der Waals surface area (Å²) in [6.07, 6.45) is 4.82. The standard InChI is InChI=1S/C35H32FN3O3S/c1-17-30-28(42-2)13-21(35(41)39-16-22-10-20-12-25(39)31(20)22)14-29(30)43-33(17)26-11-19-8-9-24(23-4-3-5-27(40)32(23)36)37-34(19)38(26)15-18-6-7-18/h3-5,8-9,11,13-14,18,20,22,25,31,40H,6-7,10,12,15-16H2,1-2H3/t20?,22?,25?,31-/m1/s1. The van der Waals surface area contributed by atoms with Crippen LogP contribution in [-0.2, 0) is 6.54 Å². The molecule has 4 heterocycles. The van der Waals surface area contributed by atoms with Crippen LogP contribution >= 0.6 is 11.3 Å². The topological polar surface area (TPSA) is 67.6 Å². The number of carbonyl (C=O) groups excluding carboxylic acids is 1. The lowest BCUT2D eigenvalue weighted by molar-refractivity contribution is -0.0204. The van der Waals surface area contributed by atoms with Gasteiger partial charge in [-0.05, 0) is 104 Å².